The highest BCUT2D eigenvalue weighted by molar-refractivity contribution is 5.78. The number of aliphatic hydroxyl groups excluding tert-OH is 1. The number of amides is 1. The third-order valence-electron chi connectivity index (χ3n) is 2.41. The number of ether oxygens (including phenoxy) is 1. The number of carbonyl (C=O) groups is 2. The van der Waals surface area contributed by atoms with Crippen LogP contribution in [0.5, 0.6) is 0 Å². The maximum absolute atomic E-state index is 11.4. The van der Waals surface area contributed by atoms with E-state index in [1.54, 1.807) is 34.6 Å². The summed E-state index contributed by atoms with van der Waals surface area (Å²) in [5.74, 6) is -0.629. The Morgan fingerprint density at radius 3 is 2.06 bits per heavy atom. The summed E-state index contributed by atoms with van der Waals surface area (Å²) in [6.45, 7) is 9.94. The van der Waals surface area contributed by atoms with Crippen molar-refractivity contribution in [2.45, 2.75) is 59.3 Å². The molecular weight excluding hydrogens is 222 g/mol. The largest absolute Gasteiger partial charge is 0.444 e. The smallest absolute Gasteiger partial charge is 0.407 e. The lowest BCUT2D eigenvalue weighted by Gasteiger charge is -2.26. The van der Waals surface area contributed by atoms with Gasteiger partial charge < -0.3 is 15.2 Å². The Morgan fingerprint density at radius 1 is 1.24 bits per heavy atom. The van der Waals surface area contributed by atoms with E-state index in [0.29, 0.717) is 0 Å². The van der Waals surface area contributed by atoms with Crippen LogP contribution < -0.4 is 5.32 Å². The van der Waals surface area contributed by atoms with E-state index in [1.807, 2.05) is 0 Å². The Bertz CT molecular complexity index is 283. The molecule has 5 nitrogen and oxygen atoms in total. The summed E-state index contributed by atoms with van der Waals surface area (Å²) in [5, 5.41) is 12.3. The van der Waals surface area contributed by atoms with Crippen LogP contribution in [0.4, 0.5) is 4.79 Å². The fraction of sp³-hybridized carbons (Fsp3) is 0.833. The van der Waals surface area contributed by atoms with Crippen molar-refractivity contribution in [1.29, 1.82) is 0 Å². The highest BCUT2D eigenvalue weighted by Crippen LogP contribution is 2.10. The first-order valence-corrected chi connectivity index (χ1v) is 5.72. The van der Waals surface area contributed by atoms with Crippen LogP contribution in [0.1, 0.15) is 41.5 Å². The third-order valence-corrected chi connectivity index (χ3v) is 2.41. The van der Waals surface area contributed by atoms with Gasteiger partial charge in [0.1, 0.15) is 11.4 Å². The number of alkyl carbamates (subject to hydrolysis) is 1. The van der Waals surface area contributed by atoms with Gasteiger partial charge in [-0.25, -0.2) is 4.79 Å². The first-order chi connectivity index (χ1) is 7.54. The molecule has 0 aliphatic carbocycles. The first kappa shape index (κ1) is 15.9. The predicted molar refractivity (Wildman–Crippen MR) is 64.7 cm³/mol. The van der Waals surface area contributed by atoms with Crippen molar-refractivity contribution in [3.8, 4) is 0 Å². The summed E-state index contributed by atoms with van der Waals surface area (Å²) < 4.78 is 5.05. The maximum Gasteiger partial charge on any atom is 0.407 e. The van der Waals surface area contributed by atoms with E-state index in [4.69, 9.17) is 4.74 Å². The number of carbonyl (C=O) groups excluding carboxylic acids is 2. The summed E-state index contributed by atoms with van der Waals surface area (Å²) in [4.78, 5) is 22.5. The van der Waals surface area contributed by atoms with Crippen LogP contribution in [-0.4, -0.2) is 34.7 Å². The molecule has 2 N–H and O–H groups in total. The monoisotopic (exact) mass is 245 g/mol. The zero-order chi connectivity index (χ0) is 13.8. The van der Waals surface area contributed by atoms with Gasteiger partial charge in [0.25, 0.3) is 0 Å². The van der Waals surface area contributed by atoms with Crippen LogP contribution in [0, 0.1) is 5.92 Å². The molecule has 1 amide bonds. The molecule has 100 valence electrons. The van der Waals surface area contributed by atoms with Crippen molar-refractivity contribution in [3.63, 3.8) is 0 Å². The van der Waals surface area contributed by atoms with Gasteiger partial charge in [-0.2, -0.15) is 0 Å². The molecule has 0 aliphatic rings. The van der Waals surface area contributed by atoms with Gasteiger partial charge in [-0.15, -0.1) is 0 Å². The van der Waals surface area contributed by atoms with Crippen molar-refractivity contribution < 1.29 is 19.4 Å². The van der Waals surface area contributed by atoms with Gasteiger partial charge in [-0.05, 0) is 34.6 Å². The molecular formula is C12H23NO4. The van der Waals surface area contributed by atoms with Gasteiger partial charge in [0, 0.05) is 5.92 Å². The van der Waals surface area contributed by atoms with E-state index in [1.165, 1.54) is 6.92 Å². The van der Waals surface area contributed by atoms with Gasteiger partial charge in [0.15, 0.2) is 0 Å². The second kappa shape index (κ2) is 6.00. The van der Waals surface area contributed by atoms with Crippen LogP contribution in [0.3, 0.4) is 0 Å². The molecule has 3 atom stereocenters. The lowest BCUT2D eigenvalue weighted by Crippen LogP contribution is -2.47. The summed E-state index contributed by atoms with van der Waals surface area (Å²) in [6, 6.07) is -0.538. The minimum atomic E-state index is -0.917. The molecule has 5 heteroatoms. The Balaban J connectivity index is 4.30. The number of ketones is 1. The Kier molecular flexibility index (Phi) is 5.61. The predicted octanol–water partition coefficient (Wildman–Crippen LogP) is 1.49. The maximum atomic E-state index is 11.4. The average Bonchev–Trinajstić information content (AvgIpc) is 2.11. The molecule has 0 aromatic heterocycles. The SMILES string of the molecule is CC(=O)[C@H](C)[C@@H](O)[C@H](C)NC(=O)OC(C)(C)C. The third kappa shape index (κ3) is 6.26. The molecule has 0 radical (unpaired) electrons. The summed E-state index contributed by atoms with van der Waals surface area (Å²) in [6.07, 6.45) is -1.51. The zero-order valence-electron chi connectivity index (χ0n) is 11.4. The lowest BCUT2D eigenvalue weighted by atomic mass is 9.96. The second-order valence-corrected chi connectivity index (χ2v) is 5.32. The molecule has 0 aromatic carbocycles. The number of nitrogens with one attached hydrogen (secondary N) is 1. The molecule has 0 aliphatic heterocycles. The standard InChI is InChI=1S/C12H23NO4/c1-7(9(3)14)10(15)8(2)13-11(16)17-12(4,5)6/h7-8,10,15H,1-6H3,(H,13,16)/t7-,8-,10+/m0/s1. The molecule has 0 saturated heterocycles. The van der Waals surface area contributed by atoms with Gasteiger partial charge in [0.05, 0.1) is 12.1 Å². The summed E-state index contributed by atoms with van der Waals surface area (Å²) >= 11 is 0. The highest BCUT2D eigenvalue weighted by atomic mass is 16.6. The number of aliphatic hydroxyl groups is 1. The number of hydrogen-bond acceptors (Lipinski definition) is 4. The highest BCUT2D eigenvalue weighted by Gasteiger charge is 2.27. The minimum absolute atomic E-state index is 0.115. The van der Waals surface area contributed by atoms with E-state index in [9.17, 15) is 14.7 Å². The number of rotatable bonds is 4. The van der Waals surface area contributed by atoms with E-state index in [0.717, 1.165) is 0 Å². The van der Waals surface area contributed by atoms with Gasteiger partial charge >= 0.3 is 6.09 Å². The first-order valence-electron chi connectivity index (χ1n) is 5.72. The van der Waals surface area contributed by atoms with Crippen molar-refractivity contribution >= 4 is 11.9 Å². The minimum Gasteiger partial charge on any atom is -0.444 e. The number of Topliss-reactive ketones (excluding diaryl/α,β-unsaturated/α-hetero) is 1. The molecule has 0 rings (SSSR count). The van der Waals surface area contributed by atoms with E-state index < -0.39 is 29.8 Å². The van der Waals surface area contributed by atoms with Crippen molar-refractivity contribution in [3.05, 3.63) is 0 Å². The zero-order valence-corrected chi connectivity index (χ0v) is 11.4. The fourth-order valence-corrected chi connectivity index (χ4v) is 1.25. The Morgan fingerprint density at radius 2 is 1.71 bits per heavy atom. The van der Waals surface area contributed by atoms with Crippen molar-refractivity contribution in [1.82, 2.24) is 5.32 Å². The van der Waals surface area contributed by atoms with Crippen LogP contribution in [-0.2, 0) is 9.53 Å². The summed E-state index contributed by atoms with van der Waals surface area (Å²) in [7, 11) is 0. The van der Waals surface area contributed by atoms with Crippen LogP contribution in [0.15, 0.2) is 0 Å². The van der Waals surface area contributed by atoms with Crippen LogP contribution in [0.2, 0.25) is 0 Å². The molecule has 0 unspecified atom stereocenters. The molecule has 0 bridgehead atoms. The van der Waals surface area contributed by atoms with Crippen molar-refractivity contribution in [2.24, 2.45) is 5.92 Å². The van der Waals surface area contributed by atoms with Gasteiger partial charge in [-0.1, -0.05) is 6.92 Å². The lowest BCUT2D eigenvalue weighted by molar-refractivity contribution is -0.124. The molecule has 0 spiro atoms. The normalized spacial score (nSPS) is 16.9. The van der Waals surface area contributed by atoms with E-state index >= 15 is 0 Å². The van der Waals surface area contributed by atoms with Gasteiger partial charge in [0.2, 0.25) is 0 Å². The topological polar surface area (TPSA) is 75.6 Å². The fourth-order valence-electron chi connectivity index (χ4n) is 1.25. The molecule has 0 heterocycles. The Labute approximate surface area is 103 Å². The Hall–Kier alpha value is -1.10. The molecule has 0 aromatic rings. The average molecular weight is 245 g/mol. The van der Waals surface area contributed by atoms with Crippen LogP contribution in [0.25, 0.3) is 0 Å². The molecule has 0 saturated carbocycles. The quantitative estimate of drug-likeness (QED) is 0.786. The second-order valence-electron chi connectivity index (χ2n) is 5.32. The van der Waals surface area contributed by atoms with E-state index in [-0.39, 0.29) is 5.78 Å². The number of hydrogen-bond donors (Lipinski definition) is 2. The molecule has 0 fully saturated rings. The van der Waals surface area contributed by atoms with Crippen LogP contribution >= 0.6 is 0 Å². The van der Waals surface area contributed by atoms with Crippen molar-refractivity contribution in [2.75, 3.05) is 0 Å². The van der Waals surface area contributed by atoms with Gasteiger partial charge in [-0.3, -0.25) is 4.79 Å². The molecule has 17 heavy (non-hydrogen) atoms. The van der Waals surface area contributed by atoms with E-state index in [2.05, 4.69) is 5.32 Å². The summed E-state index contributed by atoms with van der Waals surface area (Å²) in [5.41, 5.74) is -0.582.